The number of benzene rings is 1. The van der Waals surface area contributed by atoms with E-state index in [0.717, 1.165) is 0 Å². The van der Waals surface area contributed by atoms with Gasteiger partial charge >= 0.3 is 6.18 Å². The Morgan fingerprint density at radius 1 is 1.33 bits per heavy atom. The summed E-state index contributed by atoms with van der Waals surface area (Å²) in [6.45, 7) is 2.58. The molecular formula is C16H17F3N4O. The van der Waals surface area contributed by atoms with Crippen molar-refractivity contribution < 1.29 is 18.0 Å². The maximum atomic E-state index is 13.2. The van der Waals surface area contributed by atoms with Gasteiger partial charge in [-0.3, -0.25) is 9.48 Å². The van der Waals surface area contributed by atoms with Crippen molar-refractivity contribution in [2.45, 2.75) is 38.4 Å². The van der Waals surface area contributed by atoms with Crippen LogP contribution < -0.4 is 4.90 Å². The van der Waals surface area contributed by atoms with Crippen molar-refractivity contribution in [1.82, 2.24) is 15.0 Å². The molecule has 1 atom stereocenters. The van der Waals surface area contributed by atoms with Gasteiger partial charge in [-0.2, -0.15) is 13.2 Å². The van der Waals surface area contributed by atoms with Gasteiger partial charge in [0.15, 0.2) is 0 Å². The third-order valence-corrected chi connectivity index (χ3v) is 4.18. The van der Waals surface area contributed by atoms with E-state index in [1.165, 1.54) is 11.0 Å². The fourth-order valence-corrected chi connectivity index (χ4v) is 2.99. The summed E-state index contributed by atoms with van der Waals surface area (Å²) in [5.74, 6) is -1.80. The van der Waals surface area contributed by atoms with Gasteiger partial charge in [-0.1, -0.05) is 23.4 Å². The average molecular weight is 338 g/mol. The quantitative estimate of drug-likeness (QED) is 0.865. The second-order valence-electron chi connectivity index (χ2n) is 5.73. The monoisotopic (exact) mass is 338 g/mol. The highest BCUT2D eigenvalue weighted by Gasteiger charge is 2.44. The predicted octanol–water partition coefficient (Wildman–Crippen LogP) is 2.92. The Hall–Kier alpha value is -2.38. The lowest BCUT2D eigenvalue weighted by molar-refractivity contribution is -0.152. The maximum absolute atomic E-state index is 13.2. The molecule has 0 radical (unpaired) electrons. The molecule has 0 N–H and O–H groups in total. The van der Waals surface area contributed by atoms with Crippen LogP contribution in [0.25, 0.3) is 0 Å². The van der Waals surface area contributed by atoms with Crippen LogP contribution in [0.2, 0.25) is 0 Å². The van der Waals surface area contributed by atoms with Crippen LogP contribution in [0.1, 0.15) is 30.5 Å². The normalized spacial score (nSPS) is 17.7. The molecule has 0 fully saturated rings. The van der Waals surface area contributed by atoms with Crippen LogP contribution >= 0.6 is 0 Å². The van der Waals surface area contributed by atoms with Gasteiger partial charge in [-0.15, -0.1) is 5.10 Å². The van der Waals surface area contributed by atoms with Crippen molar-refractivity contribution in [3.05, 3.63) is 41.7 Å². The zero-order valence-electron chi connectivity index (χ0n) is 13.1. The minimum absolute atomic E-state index is 0.0189. The smallest absolute Gasteiger partial charge is 0.312 e. The largest absolute Gasteiger partial charge is 0.395 e. The van der Waals surface area contributed by atoms with Crippen molar-refractivity contribution in [3.8, 4) is 0 Å². The summed E-state index contributed by atoms with van der Waals surface area (Å²) in [6.07, 6.45) is -2.75. The average Bonchev–Trinajstić information content (AvgIpc) is 3.00. The van der Waals surface area contributed by atoms with Crippen LogP contribution in [0.3, 0.4) is 0 Å². The maximum Gasteiger partial charge on any atom is 0.395 e. The third-order valence-electron chi connectivity index (χ3n) is 4.18. The molecule has 3 rings (SSSR count). The van der Waals surface area contributed by atoms with Gasteiger partial charge in [0.25, 0.3) is 0 Å². The molecular weight excluding hydrogens is 321 g/mol. The minimum atomic E-state index is -4.31. The van der Waals surface area contributed by atoms with Gasteiger partial charge in [-0.05, 0) is 25.0 Å². The number of rotatable bonds is 3. The number of aromatic nitrogens is 3. The highest BCUT2D eigenvalue weighted by molar-refractivity contribution is 5.95. The van der Waals surface area contributed by atoms with Gasteiger partial charge in [0, 0.05) is 25.0 Å². The van der Waals surface area contributed by atoms with E-state index >= 15 is 0 Å². The number of hydrogen-bond acceptors (Lipinski definition) is 3. The Morgan fingerprint density at radius 3 is 2.75 bits per heavy atom. The first-order valence-corrected chi connectivity index (χ1v) is 7.75. The summed E-state index contributed by atoms with van der Waals surface area (Å²) in [7, 11) is 0. The number of carbonyl (C=O) groups excluding carboxylic acids is 1. The molecule has 24 heavy (non-hydrogen) atoms. The van der Waals surface area contributed by atoms with E-state index in [1.807, 2.05) is 6.92 Å². The van der Waals surface area contributed by atoms with Crippen molar-refractivity contribution in [2.24, 2.45) is 0 Å². The number of hydrogen-bond donors (Lipinski definition) is 0. The summed E-state index contributed by atoms with van der Waals surface area (Å²) in [6, 6.07) is 6.22. The Kier molecular flexibility index (Phi) is 4.29. The summed E-state index contributed by atoms with van der Waals surface area (Å²) >= 11 is 0. The zero-order valence-corrected chi connectivity index (χ0v) is 13.1. The van der Waals surface area contributed by atoms with E-state index in [0.29, 0.717) is 17.9 Å². The van der Waals surface area contributed by atoms with E-state index in [9.17, 15) is 18.0 Å². The number of carbonyl (C=O) groups is 1. The zero-order chi connectivity index (χ0) is 17.3. The SMILES string of the molecule is CCn1cc(CC(=O)N2CCC(C(F)(F)F)c3ccccc32)nn1. The van der Waals surface area contributed by atoms with Gasteiger partial charge in [0.05, 0.1) is 18.0 Å². The fourth-order valence-electron chi connectivity index (χ4n) is 2.99. The van der Waals surface area contributed by atoms with Crippen LogP contribution in [-0.4, -0.2) is 33.6 Å². The molecule has 0 saturated heterocycles. The Bertz CT molecular complexity index is 741. The molecule has 2 heterocycles. The second-order valence-corrected chi connectivity index (χ2v) is 5.73. The molecule has 0 spiro atoms. The van der Waals surface area contributed by atoms with E-state index in [4.69, 9.17) is 0 Å². The van der Waals surface area contributed by atoms with Crippen LogP contribution in [0, 0.1) is 0 Å². The molecule has 0 aliphatic carbocycles. The molecule has 1 unspecified atom stereocenters. The lowest BCUT2D eigenvalue weighted by atomic mass is 9.89. The van der Waals surface area contributed by atoms with E-state index < -0.39 is 12.1 Å². The number of amides is 1. The molecule has 1 amide bonds. The fraction of sp³-hybridized carbons (Fsp3) is 0.438. The number of alkyl halides is 3. The molecule has 2 aromatic rings. The molecule has 5 nitrogen and oxygen atoms in total. The number of anilines is 1. The third kappa shape index (κ3) is 3.13. The molecule has 1 aliphatic heterocycles. The Morgan fingerprint density at radius 2 is 2.08 bits per heavy atom. The predicted molar refractivity (Wildman–Crippen MR) is 81.6 cm³/mol. The van der Waals surface area contributed by atoms with E-state index in [-0.39, 0.29) is 30.9 Å². The molecule has 1 aliphatic rings. The number of para-hydroxylation sites is 1. The first-order chi connectivity index (χ1) is 11.4. The van der Waals surface area contributed by atoms with E-state index in [1.54, 1.807) is 29.1 Å². The van der Waals surface area contributed by atoms with Gasteiger partial charge in [0.2, 0.25) is 5.91 Å². The summed E-state index contributed by atoms with van der Waals surface area (Å²) in [4.78, 5) is 14.0. The summed E-state index contributed by atoms with van der Waals surface area (Å²) in [5.41, 5.74) is 0.998. The standard InChI is InChI=1S/C16H17F3N4O/c1-2-22-10-11(20-21-22)9-15(24)23-8-7-13(16(17,18)19)12-5-3-4-6-14(12)23/h3-6,10,13H,2,7-9H2,1H3. The molecule has 0 saturated carbocycles. The molecule has 128 valence electrons. The molecule has 8 heteroatoms. The number of nitrogens with zero attached hydrogens (tertiary/aromatic N) is 4. The van der Waals surface area contributed by atoms with Crippen molar-refractivity contribution >= 4 is 11.6 Å². The lowest BCUT2D eigenvalue weighted by Crippen LogP contribution is -2.40. The van der Waals surface area contributed by atoms with Crippen LogP contribution in [0.5, 0.6) is 0 Å². The van der Waals surface area contributed by atoms with Crippen LogP contribution in [0.4, 0.5) is 18.9 Å². The van der Waals surface area contributed by atoms with Crippen molar-refractivity contribution in [3.63, 3.8) is 0 Å². The van der Waals surface area contributed by atoms with Gasteiger partial charge in [0.1, 0.15) is 0 Å². The number of halogens is 3. The van der Waals surface area contributed by atoms with E-state index in [2.05, 4.69) is 10.3 Å². The van der Waals surface area contributed by atoms with Crippen molar-refractivity contribution in [1.29, 1.82) is 0 Å². The van der Waals surface area contributed by atoms with Gasteiger partial charge in [-0.25, -0.2) is 0 Å². The molecule has 1 aromatic carbocycles. The highest BCUT2D eigenvalue weighted by Crippen LogP contribution is 2.44. The first kappa shape index (κ1) is 16.5. The molecule has 1 aromatic heterocycles. The van der Waals surface area contributed by atoms with Crippen molar-refractivity contribution in [2.75, 3.05) is 11.4 Å². The molecule has 0 bridgehead atoms. The Labute approximate surface area is 137 Å². The number of aryl methyl sites for hydroxylation is 1. The second kappa shape index (κ2) is 6.26. The minimum Gasteiger partial charge on any atom is -0.312 e. The topological polar surface area (TPSA) is 51.0 Å². The van der Waals surface area contributed by atoms with Crippen LogP contribution in [0.15, 0.2) is 30.5 Å². The highest BCUT2D eigenvalue weighted by atomic mass is 19.4. The lowest BCUT2D eigenvalue weighted by Gasteiger charge is -2.35. The number of fused-ring (bicyclic) bond motifs is 1. The summed E-state index contributed by atoms with van der Waals surface area (Å²) in [5, 5.41) is 7.79. The first-order valence-electron chi connectivity index (χ1n) is 7.75. The summed E-state index contributed by atoms with van der Waals surface area (Å²) < 4.78 is 41.2. The van der Waals surface area contributed by atoms with Crippen LogP contribution in [-0.2, 0) is 17.8 Å². The van der Waals surface area contributed by atoms with Gasteiger partial charge < -0.3 is 4.90 Å². The Balaban J connectivity index is 1.85.